The summed E-state index contributed by atoms with van der Waals surface area (Å²) in [6.45, 7) is 10.4. The van der Waals surface area contributed by atoms with Crippen molar-refractivity contribution in [1.82, 2.24) is 10.2 Å². The predicted octanol–water partition coefficient (Wildman–Crippen LogP) is 3.58. The zero-order valence-corrected chi connectivity index (χ0v) is 14.7. The lowest BCUT2D eigenvalue weighted by Crippen LogP contribution is -2.62. The average Bonchev–Trinajstić information content (AvgIpc) is 2.50. The molecule has 0 aliphatic carbocycles. The van der Waals surface area contributed by atoms with E-state index in [9.17, 15) is 0 Å². The van der Waals surface area contributed by atoms with E-state index in [1.807, 2.05) is 11.8 Å². The van der Waals surface area contributed by atoms with E-state index in [0.717, 1.165) is 13.1 Å². The third-order valence-corrected chi connectivity index (χ3v) is 5.50. The second-order valence-corrected chi connectivity index (χ2v) is 7.65. The Labute approximate surface area is 134 Å². The van der Waals surface area contributed by atoms with Gasteiger partial charge in [0.2, 0.25) is 0 Å². The molecule has 0 saturated carbocycles. The molecule has 3 heteroatoms. The monoisotopic (exact) mass is 306 g/mol. The van der Waals surface area contributed by atoms with Gasteiger partial charge in [-0.05, 0) is 43.4 Å². The fourth-order valence-corrected chi connectivity index (χ4v) is 3.63. The van der Waals surface area contributed by atoms with Crippen LogP contribution in [0.2, 0.25) is 0 Å². The second-order valence-electron chi connectivity index (χ2n) is 6.66. The van der Waals surface area contributed by atoms with Gasteiger partial charge in [0.1, 0.15) is 0 Å². The molecule has 1 fully saturated rings. The van der Waals surface area contributed by atoms with Crippen LogP contribution in [-0.2, 0) is 5.54 Å². The second kappa shape index (κ2) is 7.66. The molecule has 0 bridgehead atoms. The normalized spacial score (nSPS) is 27.2. The third-order valence-electron chi connectivity index (χ3n) is 4.80. The van der Waals surface area contributed by atoms with Gasteiger partial charge >= 0.3 is 0 Å². The van der Waals surface area contributed by atoms with Crippen LogP contribution in [0.3, 0.4) is 0 Å². The lowest BCUT2D eigenvalue weighted by Gasteiger charge is -2.49. The van der Waals surface area contributed by atoms with Gasteiger partial charge in [-0.15, -0.1) is 0 Å². The molecule has 0 radical (unpaired) electrons. The molecule has 0 aromatic heterocycles. The molecular weight excluding hydrogens is 276 g/mol. The first-order valence-corrected chi connectivity index (χ1v) is 9.50. The molecule has 1 aromatic carbocycles. The van der Waals surface area contributed by atoms with Crippen LogP contribution in [0.15, 0.2) is 30.3 Å². The first-order chi connectivity index (χ1) is 10.1. The quantitative estimate of drug-likeness (QED) is 0.809. The van der Waals surface area contributed by atoms with Gasteiger partial charge in [-0.3, -0.25) is 4.90 Å². The fourth-order valence-electron chi connectivity index (χ4n) is 3.21. The standard InChI is InChI=1S/C18H30N2S/c1-15(2)17-13-20(11-8-12-21-4)18(3,14-19-17)16-9-6-5-7-10-16/h5-7,9-10,15,17,19H,8,11-14H2,1-4H3. The molecule has 118 valence electrons. The van der Waals surface area contributed by atoms with Crippen molar-refractivity contribution >= 4 is 11.8 Å². The van der Waals surface area contributed by atoms with Crippen LogP contribution in [0.5, 0.6) is 0 Å². The van der Waals surface area contributed by atoms with Crippen molar-refractivity contribution in [3.63, 3.8) is 0 Å². The minimum absolute atomic E-state index is 0.116. The van der Waals surface area contributed by atoms with Gasteiger partial charge in [-0.25, -0.2) is 0 Å². The van der Waals surface area contributed by atoms with Crippen molar-refractivity contribution in [3.05, 3.63) is 35.9 Å². The van der Waals surface area contributed by atoms with Crippen molar-refractivity contribution in [1.29, 1.82) is 0 Å². The van der Waals surface area contributed by atoms with E-state index >= 15 is 0 Å². The maximum absolute atomic E-state index is 3.78. The Morgan fingerprint density at radius 2 is 2.05 bits per heavy atom. The number of benzene rings is 1. The van der Waals surface area contributed by atoms with Gasteiger partial charge in [0, 0.05) is 19.1 Å². The lowest BCUT2D eigenvalue weighted by molar-refractivity contribution is 0.0394. The minimum Gasteiger partial charge on any atom is -0.310 e. The van der Waals surface area contributed by atoms with Crippen molar-refractivity contribution in [3.8, 4) is 0 Å². The number of nitrogens with one attached hydrogen (secondary N) is 1. The highest BCUT2D eigenvalue weighted by atomic mass is 32.2. The summed E-state index contributed by atoms with van der Waals surface area (Å²) in [7, 11) is 0. The summed E-state index contributed by atoms with van der Waals surface area (Å²) in [6, 6.07) is 11.6. The molecule has 21 heavy (non-hydrogen) atoms. The number of rotatable bonds is 6. The Hall–Kier alpha value is -0.510. The van der Waals surface area contributed by atoms with Crippen LogP contribution in [-0.4, -0.2) is 42.6 Å². The van der Waals surface area contributed by atoms with E-state index in [4.69, 9.17) is 0 Å². The van der Waals surface area contributed by atoms with E-state index in [1.54, 1.807) is 0 Å². The molecule has 0 amide bonds. The van der Waals surface area contributed by atoms with Gasteiger partial charge in [0.15, 0.2) is 0 Å². The zero-order chi connectivity index (χ0) is 15.3. The molecule has 1 N–H and O–H groups in total. The Morgan fingerprint density at radius 3 is 2.67 bits per heavy atom. The highest BCUT2D eigenvalue weighted by Gasteiger charge is 2.39. The van der Waals surface area contributed by atoms with Crippen LogP contribution in [0.1, 0.15) is 32.8 Å². The lowest BCUT2D eigenvalue weighted by atomic mass is 9.85. The van der Waals surface area contributed by atoms with Gasteiger partial charge in [-0.1, -0.05) is 44.2 Å². The molecule has 2 atom stereocenters. The molecule has 1 aliphatic rings. The Balaban J connectivity index is 2.17. The topological polar surface area (TPSA) is 15.3 Å². The highest BCUT2D eigenvalue weighted by molar-refractivity contribution is 7.98. The van der Waals surface area contributed by atoms with Crippen molar-refractivity contribution in [2.45, 2.75) is 38.8 Å². The molecule has 2 nitrogen and oxygen atoms in total. The largest absolute Gasteiger partial charge is 0.310 e. The number of nitrogens with zero attached hydrogens (tertiary/aromatic N) is 1. The summed E-state index contributed by atoms with van der Waals surface area (Å²) in [5.41, 5.74) is 1.55. The first kappa shape index (κ1) is 16.9. The Bertz CT molecular complexity index is 420. The maximum atomic E-state index is 3.78. The molecule has 1 aromatic rings. The summed E-state index contributed by atoms with van der Waals surface area (Å²) in [4.78, 5) is 2.71. The fraction of sp³-hybridized carbons (Fsp3) is 0.667. The molecule has 2 unspecified atom stereocenters. The maximum Gasteiger partial charge on any atom is 0.0558 e. The average molecular weight is 307 g/mol. The van der Waals surface area contributed by atoms with Crippen LogP contribution >= 0.6 is 11.8 Å². The number of piperazine rings is 1. The molecule has 1 heterocycles. The summed E-state index contributed by atoms with van der Waals surface area (Å²) >= 11 is 1.95. The third kappa shape index (κ3) is 4.02. The molecule has 2 rings (SSSR count). The van der Waals surface area contributed by atoms with Crippen molar-refractivity contribution in [2.24, 2.45) is 5.92 Å². The molecule has 0 spiro atoms. The summed E-state index contributed by atoms with van der Waals surface area (Å²) < 4.78 is 0. The molecule has 1 saturated heterocycles. The number of thioether (sulfide) groups is 1. The number of hydrogen-bond acceptors (Lipinski definition) is 3. The van der Waals surface area contributed by atoms with E-state index < -0.39 is 0 Å². The smallest absolute Gasteiger partial charge is 0.0558 e. The Kier molecular flexibility index (Phi) is 6.15. The first-order valence-electron chi connectivity index (χ1n) is 8.11. The van der Waals surface area contributed by atoms with Crippen molar-refractivity contribution < 1.29 is 0 Å². The summed E-state index contributed by atoms with van der Waals surface area (Å²) in [5, 5.41) is 3.78. The van der Waals surface area contributed by atoms with E-state index in [1.165, 1.54) is 24.3 Å². The van der Waals surface area contributed by atoms with Gasteiger partial charge in [0.05, 0.1) is 5.54 Å². The SMILES string of the molecule is CSCCCN1CC(C(C)C)NCC1(C)c1ccccc1. The van der Waals surface area contributed by atoms with E-state index in [0.29, 0.717) is 12.0 Å². The van der Waals surface area contributed by atoms with E-state index in [2.05, 4.69) is 67.6 Å². The van der Waals surface area contributed by atoms with E-state index in [-0.39, 0.29) is 5.54 Å². The Morgan fingerprint density at radius 1 is 1.33 bits per heavy atom. The van der Waals surface area contributed by atoms with Gasteiger partial charge in [-0.2, -0.15) is 11.8 Å². The van der Waals surface area contributed by atoms with Crippen LogP contribution < -0.4 is 5.32 Å². The molecule has 1 aliphatic heterocycles. The van der Waals surface area contributed by atoms with Gasteiger partial charge in [0.25, 0.3) is 0 Å². The highest BCUT2D eigenvalue weighted by Crippen LogP contribution is 2.32. The van der Waals surface area contributed by atoms with Crippen LogP contribution in [0.4, 0.5) is 0 Å². The summed E-state index contributed by atoms with van der Waals surface area (Å²) in [5.74, 6) is 1.94. The predicted molar refractivity (Wildman–Crippen MR) is 95.0 cm³/mol. The summed E-state index contributed by atoms with van der Waals surface area (Å²) in [6.07, 6.45) is 3.47. The zero-order valence-electron chi connectivity index (χ0n) is 13.9. The number of hydrogen-bond donors (Lipinski definition) is 1. The van der Waals surface area contributed by atoms with Crippen LogP contribution in [0.25, 0.3) is 0 Å². The minimum atomic E-state index is 0.116. The molecular formula is C18H30N2S. The van der Waals surface area contributed by atoms with Crippen LogP contribution in [0, 0.1) is 5.92 Å². The van der Waals surface area contributed by atoms with Crippen molar-refractivity contribution in [2.75, 3.05) is 31.6 Å². The van der Waals surface area contributed by atoms with Gasteiger partial charge < -0.3 is 5.32 Å².